The Morgan fingerprint density at radius 3 is 2.58 bits per heavy atom. The van der Waals surface area contributed by atoms with Gasteiger partial charge in [-0.2, -0.15) is 0 Å². The molecule has 3 aromatic rings. The largest absolute Gasteiger partial charge is 0.503 e. The Labute approximate surface area is 220 Å². The normalized spacial score (nSPS) is 15.4. The number of benzene rings is 2. The Hall–Kier alpha value is -3.37. The zero-order valence-electron chi connectivity index (χ0n) is 20.5. The van der Waals surface area contributed by atoms with Gasteiger partial charge in [0.1, 0.15) is 0 Å². The van der Waals surface area contributed by atoms with E-state index in [0.29, 0.717) is 30.6 Å². The first-order valence-electron chi connectivity index (χ1n) is 11.2. The number of phenols is 1. The summed E-state index contributed by atoms with van der Waals surface area (Å²) >= 11 is 4.55. The lowest BCUT2D eigenvalue weighted by Gasteiger charge is -2.25. The van der Waals surface area contributed by atoms with Crippen molar-refractivity contribution < 1.29 is 19.4 Å². The predicted molar refractivity (Wildman–Crippen MR) is 144 cm³/mol. The van der Waals surface area contributed by atoms with Crippen LogP contribution in [0.5, 0.6) is 11.5 Å². The number of aromatic hydroxyl groups is 1. The first-order chi connectivity index (χ1) is 17.2. The Morgan fingerprint density at radius 2 is 1.97 bits per heavy atom. The van der Waals surface area contributed by atoms with E-state index in [1.807, 2.05) is 43.3 Å². The van der Waals surface area contributed by atoms with Gasteiger partial charge in [-0.05, 0) is 71.2 Å². The number of ether oxygens (including phenoxy) is 2. The smallest absolute Gasteiger partial charge is 0.338 e. The molecule has 1 aromatic heterocycles. The molecule has 1 atom stereocenters. The molecule has 188 valence electrons. The molecule has 0 bridgehead atoms. The lowest BCUT2D eigenvalue weighted by atomic mass is 9.95. The van der Waals surface area contributed by atoms with Crippen LogP contribution in [0.3, 0.4) is 0 Å². The first-order valence-corrected chi connectivity index (χ1v) is 12.8. The number of hydrogen-bond acceptors (Lipinski definition) is 8. The van der Waals surface area contributed by atoms with Gasteiger partial charge < -0.3 is 19.5 Å². The van der Waals surface area contributed by atoms with Gasteiger partial charge in [-0.1, -0.05) is 23.5 Å². The van der Waals surface area contributed by atoms with Gasteiger partial charge in [0, 0.05) is 19.8 Å². The Kier molecular flexibility index (Phi) is 7.37. The van der Waals surface area contributed by atoms with E-state index in [9.17, 15) is 14.7 Å². The van der Waals surface area contributed by atoms with Crippen molar-refractivity contribution >= 4 is 45.0 Å². The van der Waals surface area contributed by atoms with Crippen LogP contribution in [0.25, 0.3) is 6.08 Å². The maximum Gasteiger partial charge on any atom is 0.338 e. The second-order valence-electron chi connectivity index (χ2n) is 8.34. The fourth-order valence-corrected chi connectivity index (χ4v) is 5.55. The molecule has 0 saturated carbocycles. The second-order valence-corrected chi connectivity index (χ2v) is 10.2. The van der Waals surface area contributed by atoms with Crippen molar-refractivity contribution in [3.63, 3.8) is 0 Å². The fourth-order valence-electron chi connectivity index (χ4n) is 4.05. The lowest BCUT2D eigenvalue weighted by Crippen LogP contribution is -2.39. The molecular weight excluding hydrogens is 546 g/mol. The minimum absolute atomic E-state index is 0.0213. The number of halogens is 1. The summed E-state index contributed by atoms with van der Waals surface area (Å²) in [5.41, 5.74) is 3.00. The Balaban J connectivity index is 1.94. The average Bonchev–Trinajstić information content (AvgIpc) is 3.14. The lowest BCUT2D eigenvalue weighted by molar-refractivity contribution is -0.139. The standard InChI is InChI=1S/C26H26BrN3O5S/c1-6-35-25(33)21-14(2)28-26-30(22(21)16-7-9-17(10-8-16)29(3)4)24(32)20(36-26)13-15-11-18(27)23(31)19(12-15)34-5/h7-13,22,31H,6H2,1-5H3/b20-13-/t22-/m1/s1. The van der Waals surface area contributed by atoms with Crippen LogP contribution in [0.2, 0.25) is 0 Å². The molecule has 1 aliphatic heterocycles. The van der Waals surface area contributed by atoms with Crippen LogP contribution in [0.4, 0.5) is 5.69 Å². The molecule has 4 rings (SSSR count). The third kappa shape index (κ3) is 4.70. The van der Waals surface area contributed by atoms with Crippen molar-refractivity contribution in [3.8, 4) is 11.5 Å². The molecular formula is C26H26BrN3O5S. The van der Waals surface area contributed by atoms with Crippen molar-refractivity contribution in [3.05, 3.63) is 83.0 Å². The fraction of sp³-hybridized carbons (Fsp3) is 0.269. The van der Waals surface area contributed by atoms with E-state index in [-0.39, 0.29) is 23.7 Å². The summed E-state index contributed by atoms with van der Waals surface area (Å²) in [4.78, 5) is 33.8. The molecule has 2 aromatic carbocycles. The van der Waals surface area contributed by atoms with Crippen LogP contribution >= 0.6 is 27.3 Å². The van der Waals surface area contributed by atoms with Crippen molar-refractivity contribution in [2.75, 3.05) is 32.7 Å². The number of carbonyl (C=O) groups excluding carboxylic acids is 1. The number of rotatable bonds is 6. The predicted octanol–water partition coefficient (Wildman–Crippen LogP) is 3.34. The minimum Gasteiger partial charge on any atom is -0.503 e. The van der Waals surface area contributed by atoms with Crippen LogP contribution in [0, 0.1) is 0 Å². The molecule has 0 radical (unpaired) electrons. The first kappa shape index (κ1) is 25.7. The third-order valence-corrected chi connectivity index (χ3v) is 7.40. The number of hydrogen-bond donors (Lipinski definition) is 1. The molecule has 0 unspecified atom stereocenters. The van der Waals surface area contributed by atoms with Gasteiger partial charge in [0.05, 0.1) is 40.0 Å². The highest BCUT2D eigenvalue weighted by Crippen LogP contribution is 2.35. The Morgan fingerprint density at radius 1 is 1.28 bits per heavy atom. The number of methoxy groups -OCH3 is 1. The van der Waals surface area contributed by atoms with Crippen molar-refractivity contribution in [1.29, 1.82) is 0 Å². The monoisotopic (exact) mass is 571 g/mol. The number of aromatic nitrogens is 1. The van der Waals surface area contributed by atoms with Crippen molar-refractivity contribution in [2.45, 2.75) is 19.9 Å². The maximum absolute atomic E-state index is 13.7. The molecule has 36 heavy (non-hydrogen) atoms. The van der Waals surface area contributed by atoms with E-state index in [1.54, 1.807) is 36.6 Å². The summed E-state index contributed by atoms with van der Waals surface area (Å²) in [6, 6.07) is 10.4. The van der Waals surface area contributed by atoms with Gasteiger partial charge in [-0.3, -0.25) is 9.36 Å². The summed E-state index contributed by atoms with van der Waals surface area (Å²) < 4.78 is 13.0. The highest BCUT2D eigenvalue weighted by molar-refractivity contribution is 9.10. The van der Waals surface area contributed by atoms with E-state index in [4.69, 9.17) is 9.47 Å². The molecule has 10 heteroatoms. The quantitative estimate of drug-likeness (QED) is 0.456. The van der Waals surface area contributed by atoms with Crippen molar-refractivity contribution in [2.24, 2.45) is 4.99 Å². The zero-order chi connectivity index (χ0) is 26.1. The molecule has 2 heterocycles. The highest BCUT2D eigenvalue weighted by atomic mass is 79.9. The highest BCUT2D eigenvalue weighted by Gasteiger charge is 2.33. The molecule has 0 saturated heterocycles. The number of anilines is 1. The topological polar surface area (TPSA) is 93.4 Å². The summed E-state index contributed by atoms with van der Waals surface area (Å²) in [5, 5.41) is 10.1. The van der Waals surface area contributed by atoms with Crippen LogP contribution in [-0.4, -0.2) is 43.5 Å². The molecule has 8 nitrogen and oxygen atoms in total. The number of thiazole rings is 1. The van der Waals surface area contributed by atoms with E-state index >= 15 is 0 Å². The number of esters is 1. The number of nitrogens with zero attached hydrogens (tertiary/aromatic N) is 3. The van der Waals surface area contributed by atoms with E-state index < -0.39 is 12.0 Å². The molecule has 0 spiro atoms. The summed E-state index contributed by atoms with van der Waals surface area (Å²) in [6.45, 7) is 3.71. The molecule has 1 aliphatic rings. The van der Waals surface area contributed by atoms with Gasteiger partial charge >= 0.3 is 5.97 Å². The molecule has 0 amide bonds. The van der Waals surface area contributed by atoms with Crippen LogP contribution in [0.1, 0.15) is 31.0 Å². The summed E-state index contributed by atoms with van der Waals surface area (Å²) in [7, 11) is 5.35. The second kappa shape index (κ2) is 10.3. The van der Waals surface area contributed by atoms with Gasteiger partial charge in [-0.15, -0.1) is 0 Å². The number of phenolic OH excluding ortho intramolecular Hbond substituents is 1. The molecule has 0 aliphatic carbocycles. The van der Waals surface area contributed by atoms with Gasteiger partial charge in [0.25, 0.3) is 5.56 Å². The molecule has 1 N–H and O–H groups in total. The van der Waals surface area contributed by atoms with Gasteiger partial charge in [0.15, 0.2) is 16.3 Å². The van der Waals surface area contributed by atoms with Gasteiger partial charge in [-0.25, -0.2) is 9.79 Å². The van der Waals surface area contributed by atoms with E-state index in [2.05, 4.69) is 20.9 Å². The van der Waals surface area contributed by atoms with E-state index in [1.165, 1.54) is 18.4 Å². The Bertz CT molecular complexity index is 1540. The van der Waals surface area contributed by atoms with Crippen molar-refractivity contribution in [1.82, 2.24) is 4.57 Å². The SMILES string of the molecule is CCOC(=O)C1=C(C)N=c2s/c(=C\c3cc(Br)c(O)c(OC)c3)c(=O)n2[C@@H]1c1ccc(N(C)C)cc1. The number of allylic oxidation sites excluding steroid dienone is 1. The number of carbonyl (C=O) groups is 1. The van der Waals surface area contributed by atoms with Crippen LogP contribution < -0.4 is 24.5 Å². The van der Waals surface area contributed by atoms with Crippen LogP contribution in [-0.2, 0) is 9.53 Å². The molecule has 0 fully saturated rings. The van der Waals surface area contributed by atoms with Gasteiger partial charge in [0.2, 0.25) is 0 Å². The number of fused-ring (bicyclic) bond motifs is 1. The third-order valence-electron chi connectivity index (χ3n) is 5.81. The van der Waals surface area contributed by atoms with E-state index in [0.717, 1.165) is 11.3 Å². The van der Waals surface area contributed by atoms with Crippen LogP contribution in [0.15, 0.2) is 61.9 Å². The maximum atomic E-state index is 13.7. The average molecular weight is 572 g/mol. The summed E-state index contributed by atoms with van der Waals surface area (Å²) in [5.74, 6) is -0.239. The zero-order valence-corrected chi connectivity index (χ0v) is 22.9. The minimum atomic E-state index is -0.681. The summed E-state index contributed by atoms with van der Waals surface area (Å²) in [6.07, 6.45) is 1.71.